The molecule has 0 radical (unpaired) electrons. The standard InChI is InChI=1S/C30H32O7P2/c1-25(32-38(34-27-15-7-3-8-16-27)35-28-17-9-4-10-18-28)23-31-24-26(2)33-39(36-29-19-11-5-12-20-29)37-30-21-13-6-14-22-30/h3-22,25-26H,23-24H2,1-2H3/t25-,26+. The average molecular weight is 567 g/mol. The van der Waals surface area contributed by atoms with E-state index in [1.54, 1.807) is 0 Å². The van der Waals surface area contributed by atoms with Crippen molar-refractivity contribution < 1.29 is 31.9 Å². The van der Waals surface area contributed by atoms with Crippen LogP contribution in [0, 0.1) is 0 Å². The molecule has 0 unspecified atom stereocenters. The van der Waals surface area contributed by atoms with Gasteiger partial charge in [0, 0.05) is 0 Å². The molecule has 0 amide bonds. The highest BCUT2D eigenvalue weighted by molar-refractivity contribution is 7.42. The fourth-order valence-corrected chi connectivity index (χ4v) is 5.28. The Kier molecular flexibility index (Phi) is 11.9. The lowest BCUT2D eigenvalue weighted by Crippen LogP contribution is -2.21. The average Bonchev–Trinajstić information content (AvgIpc) is 2.95. The molecule has 7 nitrogen and oxygen atoms in total. The van der Waals surface area contributed by atoms with Crippen LogP contribution in [0.1, 0.15) is 13.8 Å². The number of rotatable bonds is 16. The lowest BCUT2D eigenvalue weighted by molar-refractivity contribution is 0.0146. The van der Waals surface area contributed by atoms with Crippen LogP contribution < -0.4 is 18.1 Å². The third kappa shape index (κ3) is 10.8. The molecule has 39 heavy (non-hydrogen) atoms. The van der Waals surface area contributed by atoms with Crippen LogP contribution in [0.3, 0.4) is 0 Å². The summed E-state index contributed by atoms with van der Waals surface area (Å²) in [6.45, 7) is 4.46. The number of hydrogen-bond acceptors (Lipinski definition) is 7. The number of ether oxygens (including phenoxy) is 1. The summed E-state index contributed by atoms with van der Waals surface area (Å²) in [6.07, 6.45) is -0.586. The first kappa shape index (κ1) is 28.8. The van der Waals surface area contributed by atoms with Gasteiger partial charge < -0.3 is 22.8 Å². The van der Waals surface area contributed by atoms with Gasteiger partial charge in [-0.25, -0.2) is 0 Å². The van der Waals surface area contributed by atoms with Crippen molar-refractivity contribution in [2.75, 3.05) is 13.2 Å². The second-order valence-corrected chi connectivity index (χ2v) is 10.5. The molecule has 9 heteroatoms. The second-order valence-electron chi connectivity index (χ2n) is 8.43. The van der Waals surface area contributed by atoms with E-state index in [0.29, 0.717) is 36.2 Å². The van der Waals surface area contributed by atoms with Crippen LogP contribution in [-0.2, 0) is 13.8 Å². The Morgan fingerprint density at radius 1 is 0.436 bits per heavy atom. The molecule has 4 rings (SSSR count). The molecule has 204 valence electrons. The van der Waals surface area contributed by atoms with Crippen LogP contribution in [0.4, 0.5) is 0 Å². The predicted molar refractivity (Wildman–Crippen MR) is 154 cm³/mol. The molecule has 0 aliphatic carbocycles. The summed E-state index contributed by atoms with van der Waals surface area (Å²) < 4.78 is 42.1. The Morgan fingerprint density at radius 2 is 0.692 bits per heavy atom. The zero-order valence-corrected chi connectivity index (χ0v) is 23.7. The van der Waals surface area contributed by atoms with Gasteiger partial charge in [0.05, 0.1) is 25.4 Å². The number of para-hydroxylation sites is 4. The largest absolute Gasteiger partial charge is 0.463 e. The molecular weight excluding hydrogens is 534 g/mol. The molecule has 0 saturated heterocycles. The minimum atomic E-state index is -1.70. The van der Waals surface area contributed by atoms with Crippen LogP contribution in [0.15, 0.2) is 121 Å². The number of benzene rings is 4. The van der Waals surface area contributed by atoms with E-state index in [4.69, 9.17) is 31.9 Å². The summed E-state index contributed by atoms with van der Waals surface area (Å²) >= 11 is 0. The summed E-state index contributed by atoms with van der Waals surface area (Å²) in [5, 5.41) is 0. The highest BCUT2D eigenvalue weighted by Crippen LogP contribution is 2.43. The maximum absolute atomic E-state index is 6.09. The predicted octanol–water partition coefficient (Wildman–Crippen LogP) is 8.58. The first-order valence-electron chi connectivity index (χ1n) is 12.6. The molecule has 4 aromatic carbocycles. The summed E-state index contributed by atoms with van der Waals surface area (Å²) in [6, 6.07) is 37.8. The van der Waals surface area contributed by atoms with Crippen LogP contribution in [0.25, 0.3) is 0 Å². The first-order chi connectivity index (χ1) is 19.1. The van der Waals surface area contributed by atoms with Gasteiger partial charge in [-0.15, -0.1) is 0 Å². The zero-order chi connectivity index (χ0) is 27.1. The highest BCUT2D eigenvalue weighted by atomic mass is 31.2. The Balaban J connectivity index is 1.27. The van der Waals surface area contributed by atoms with Crippen LogP contribution in [-0.4, -0.2) is 25.4 Å². The molecule has 0 bridgehead atoms. The SMILES string of the molecule is C[C@H](COC[C@H](C)OP(Oc1ccccc1)Oc1ccccc1)OP(Oc1ccccc1)Oc1ccccc1. The maximum Gasteiger partial charge on any atom is 0.463 e. The summed E-state index contributed by atoms with van der Waals surface area (Å²) in [4.78, 5) is 0. The quantitative estimate of drug-likeness (QED) is 0.126. The lowest BCUT2D eigenvalue weighted by atomic mass is 10.3. The van der Waals surface area contributed by atoms with Crippen molar-refractivity contribution in [2.24, 2.45) is 0 Å². The molecule has 4 aromatic rings. The lowest BCUT2D eigenvalue weighted by Gasteiger charge is -2.23. The van der Waals surface area contributed by atoms with Crippen molar-refractivity contribution in [1.82, 2.24) is 0 Å². The Bertz CT molecular complexity index is 1010. The van der Waals surface area contributed by atoms with Gasteiger partial charge in [-0.1, -0.05) is 72.8 Å². The Labute approximate surface area is 232 Å². The van der Waals surface area contributed by atoms with Crippen molar-refractivity contribution in [3.8, 4) is 23.0 Å². The van der Waals surface area contributed by atoms with Gasteiger partial charge >= 0.3 is 17.2 Å². The fourth-order valence-electron chi connectivity index (χ4n) is 3.15. The summed E-state index contributed by atoms with van der Waals surface area (Å²) in [5.41, 5.74) is 0. The van der Waals surface area contributed by atoms with E-state index in [-0.39, 0.29) is 12.2 Å². The van der Waals surface area contributed by atoms with E-state index in [1.807, 2.05) is 135 Å². The summed E-state index contributed by atoms with van der Waals surface area (Å²) in [5.74, 6) is 2.67. The molecule has 0 fully saturated rings. The van der Waals surface area contributed by atoms with Gasteiger partial charge in [0.1, 0.15) is 23.0 Å². The van der Waals surface area contributed by atoms with Crippen molar-refractivity contribution >= 4 is 17.2 Å². The van der Waals surface area contributed by atoms with Gasteiger partial charge in [0.25, 0.3) is 0 Å². The number of hydrogen-bond donors (Lipinski definition) is 0. The Hall–Kier alpha value is -3.18. The van der Waals surface area contributed by atoms with E-state index in [0.717, 1.165) is 0 Å². The van der Waals surface area contributed by atoms with Crippen molar-refractivity contribution in [3.63, 3.8) is 0 Å². The molecular formula is C30H32O7P2. The van der Waals surface area contributed by atoms with Crippen LogP contribution in [0.5, 0.6) is 23.0 Å². The molecule has 0 N–H and O–H groups in total. The third-order valence-electron chi connectivity index (χ3n) is 4.93. The maximum atomic E-state index is 6.09. The van der Waals surface area contributed by atoms with Crippen molar-refractivity contribution in [2.45, 2.75) is 26.1 Å². The molecule has 0 aliphatic heterocycles. The van der Waals surface area contributed by atoms with Crippen molar-refractivity contribution in [1.29, 1.82) is 0 Å². The van der Waals surface area contributed by atoms with E-state index in [2.05, 4.69) is 0 Å². The third-order valence-corrected chi connectivity index (χ3v) is 7.43. The van der Waals surface area contributed by atoms with Crippen LogP contribution in [0.2, 0.25) is 0 Å². The van der Waals surface area contributed by atoms with Gasteiger partial charge in [-0.05, 0) is 62.4 Å². The van der Waals surface area contributed by atoms with Crippen molar-refractivity contribution in [3.05, 3.63) is 121 Å². The van der Waals surface area contributed by atoms with Gasteiger partial charge in [-0.3, -0.25) is 9.05 Å². The molecule has 0 saturated carbocycles. The molecule has 0 spiro atoms. The zero-order valence-electron chi connectivity index (χ0n) is 21.9. The summed E-state index contributed by atoms with van der Waals surface area (Å²) in [7, 11) is -3.41. The van der Waals surface area contributed by atoms with Gasteiger partial charge in [0.15, 0.2) is 0 Å². The second kappa shape index (κ2) is 16.0. The minimum absolute atomic E-state index is 0.293. The van der Waals surface area contributed by atoms with E-state index >= 15 is 0 Å². The van der Waals surface area contributed by atoms with E-state index < -0.39 is 17.2 Å². The fraction of sp³-hybridized carbons (Fsp3) is 0.200. The minimum Gasteiger partial charge on any atom is -0.418 e. The first-order valence-corrected chi connectivity index (χ1v) is 14.8. The topological polar surface area (TPSA) is 64.6 Å². The normalized spacial score (nSPS) is 12.6. The molecule has 0 aliphatic rings. The highest BCUT2D eigenvalue weighted by Gasteiger charge is 2.23. The van der Waals surface area contributed by atoms with Crippen LogP contribution >= 0.6 is 17.2 Å². The van der Waals surface area contributed by atoms with Gasteiger partial charge in [0.2, 0.25) is 0 Å². The van der Waals surface area contributed by atoms with Gasteiger partial charge in [-0.2, -0.15) is 0 Å². The molecule has 2 atom stereocenters. The molecule has 0 heterocycles. The van der Waals surface area contributed by atoms with E-state index in [9.17, 15) is 0 Å². The monoisotopic (exact) mass is 566 g/mol. The Morgan fingerprint density at radius 3 is 0.949 bits per heavy atom. The van der Waals surface area contributed by atoms with E-state index in [1.165, 1.54) is 0 Å². The molecule has 0 aromatic heterocycles. The smallest absolute Gasteiger partial charge is 0.418 e.